The summed E-state index contributed by atoms with van der Waals surface area (Å²) in [5, 5.41) is 15.2. The van der Waals surface area contributed by atoms with Crippen LogP contribution in [0, 0.1) is 11.8 Å². The molecule has 0 spiro atoms. The van der Waals surface area contributed by atoms with E-state index in [1.807, 2.05) is 27.7 Å². The molecule has 1 unspecified atom stereocenters. The van der Waals surface area contributed by atoms with Crippen LogP contribution in [0.1, 0.15) is 53.4 Å². The van der Waals surface area contributed by atoms with Gasteiger partial charge in [0.25, 0.3) is 0 Å². The third kappa shape index (κ3) is 5.90. The van der Waals surface area contributed by atoms with Gasteiger partial charge in [0.05, 0.1) is 12.0 Å². The molecule has 0 aromatic heterocycles. The van der Waals surface area contributed by atoms with Crippen molar-refractivity contribution in [2.75, 3.05) is 6.54 Å². The van der Waals surface area contributed by atoms with Crippen LogP contribution in [0.25, 0.3) is 0 Å². The molecular formula is C15H28N2O3. The van der Waals surface area contributed by atoms with Gasteiger partial charge in [-0.05, 0) is 65.8 Å². The van der Waals surface area contributed by atoms with Crippen LogP contribution in [0.5, 0.6) is 0 Å². The highest BCUT2D eigenvalue weighted by Gasteiger charge is 2.26. The summed E-state index contributed by atoms with van der Waals surface area (Å²) >= 11 is 0. The first-order chi connectivity index (χ1) is 9.19. The molecule has 0 heterocycles. The fraction of sp³-hybridized carbons (Fsp3) is 0.867. The number of carboxylic acids is 1. The molecule has 1 atom stereocenters. The molecule has 1 fully saturated rings. The number of hydrogen-bond donors (Lipinski definition) is 3. The van der Waals surface area contributed by atoms with Crippen LogP contribution in [0.3, 0.4) is 0 Å². The van der Waals surface area contributed by atoms with Crippen LogP contribution in [-0.4, -0.2) is 35.1 Å². The summed E-state index contributed by atoms with van der Waals surface area (Å²) in [4.78, 5) is 22.8. The Labute approximate surface area is 121 Å². The monoisotopic (exact) mass is 284 g/mol. The van der Waals surface area contributed by atoms with Crippen molar-refractivity contribution in [2.45, 2.75) is 65.0 Å². The van der Waals surface area contributed by atoms with Gasteiger partial charge in [0.1, 0.15) is 0 Å². The Morgan fingerprint density at radius 3 is 2.20 bits per heavy atom. The second-order valence-corrected chi connectivity index (χ2v) is 6.93. The molecule has 1 aliphatic carbocycles. The summed E-state index contributed by atoms with van der Waals surface area (Å²) < 4.78 is 0. The highest BCUT2D eigenvalue weighted by molar-refractivity contribution is 5.81. The van der Waals surface area contributed by atoms with Crippen molar-refractivity contribution < 1.29 is 14.7 Å². The third-order valence-corrected chi connectivity index (χ3v) is 3.80. The van der Waals surface area contributed by atoms with E-state index in [0.29, 0.717) is 5.92 Å². The average molecular weight is 284 g/mol. The Bertz CT molecular complexity index is 342. The molecule has 1 saturated carbocycles. The van der Waals surface area contributed by atoms with E-state index in [1.54, 1.807) is 0 Å². The summed E-state index contributed by atoms with van der Waals surface area (Å²) in [5.41, 5.74) is -0.216. The van der Waals surface area contributed by atoms with Gasteiger partial charge in [-0.2, -0.15) is 0 Å². The molecule has 20 heavy (non-hydrogen) atoms. The SMILES string of the molecule is CC(NCC1CCC(C(=O)O)CC1)C(=O)NC(C)(C)C. The summed E-state index contributed by atoms with van der Waals surface area (Å²) in [5.74, 6) is -0.352. The molecule has 0 aromatic carbocycles. The fourth-order valence-electron chi connectivity index (χ4n) is 2.53. The molecule has 0 radical (unpaired) electrons. The summed E-state index contributed by atoms with van der Waals surface area (Å²) in [6.07, 6.45) is 3.36. The number of rotatable bonds is 5. The van der Waals surface area contributed by atoms with Gasteiger partial charge >= 0.3 is 5.97 Å². The lowest BCUT2D eigenvalue weighted by molar-refractivity contribution is -0.143. The molecule has 0 aliphatic heterocycles. The molecule has 5 heteroatoms. The molecule has 0 bridgehead atoms. The first kappa shape index (κ1) is 17.0. The number of carboxylic acid groups (broad SMARTS) is 1. The minimum absolute atomic E-state index is 0.0109. The number of carbonyl (C=O) groups excluding carboxylic acids is 1. The lowest BCUT2D eigenvalue weighted by Crippen LogP contribution is -2.50. The van der Waals surface area contributed by atoms with Gasteiger partial charge in [-0.1, -0.05) is 0 Å². The van der Waals surface area contributed by atoms with Crippen molar-refractivity contribution in [1.82, 2.24) is 10.6 Å². The maximum Gasteiger partial charge on any atom is 0.306 e. The number of aliphatic carboxylic acids is 1. The number of nitrogens with one attached hydrogen (secondary N) is 2. The minimum Gasteiger partial charge on any atom is -0.481 e. The van der Waals surface area contributed by atoms with Gasteiger partial charge in [0, 0.05) is 5.54 Å². The molecule has 0 aromatic rings. The smallest absolute Gasteiger partial charge is 0.306 e. The van der Waals surface area contributed by atoms with Crippen molar-refractivity contribution in [3.8, 4) is 0 Å². The zero-order valence-corrected chi connectivity index (χ0v) is 13.0. The lowest BCUT2D eigenvalue weighted by atomic mass is 9.82. The van der Waals surface area contributed by atoms with E-state index in [-0.39, 0.29) is 23.4 Å². The van der Waals surface area contributed by atoms with Crippen LogP contribution < -0.4 is 10.6 Å². The van der Waals surface area contributed by atoms with E-state index >= 15 is 0 Å². The van der Waals surface area contributed by atoms with E-state index in [2.05, 4.69) is 10.6 Å². The van der Waals surface area contributed by atoms with Crippen molar-refractivity contribution in [2.24, 2.45) is 11.8 Å². The predicted molar refractivity (Wildman–Crippen MR) is 78.4 cm³/mol. The van der Waals surface area contributed by atoms with E-state index in [0.717, 1.165) is 32.2 Å². The minimum atomic E-state index is -0.672. The summed E-state index contributed by atoms with van der Waals surface area (Å²) in [6, 6.07) is -0.216. The summed E-state index contributed by atoms with van der Waals surface area (Å²) in [6.45, 7) is 8.54. The molecule has 1 aliphatic rings. The maximum absolute atomic E-state index is 11.9. The van der Waals surface area contributed by atoms with E-state index in [9.17, 15) is 9.59 Å². The van der Waals surface area contributed by atoms with Crippen LogP contribution in [0.15, 0.2) is 0 Å². The largest absolute Gasteiger partial charge is 0.481 e. The Hall–Kier alpha value is -1.10. The quantitative estimate of drug-likeness (QED) is 0.719. The Balaban J connectivity index is 2.27. The number of amides is 1. The topological polar surface area (TPSA) is 78.4 Å². The van der Waals surface area contributed by atoms with Crippen molar-refractivity contribution >= 4 is 11.9 Å². The predicted octanol–water partition coefficient (Wildman–Crippen LogP) is 1.77. The molecule has 1 rings (SSSR count). The van der Waals surface area contributed by atoms with Crippen LogP contribution >= 0.6 is 0 Å². The van der Waals surface area contributed by atoms with Crippen LogP contribution in [0.2, 0.25) is 0 Å². The average Bonchev–Trinajstić information content (AvgIpc) is 2.34. The Morgan fingerprint density at radius 1 is 1.20 bits per heavy atom. The highest BCUT2D eigenvalue weighted by atomic mass is 16.4. The van der Waals surface area contributed by atoms with E-state index in [4.69, 9.17) is 5.11 Å². The van der Waals surface area contributed by atoms with Crippen LogP contribution in [-0.2, 0) is 9.59 Å². The summed E-state index contributed by atoms with van der Waals surface area (Å²) in [7, 11) is 0. The second-order valence-electron chi connectivity index (χ2n) is 6.93. The van der Waals surface area contributed by atoms with Crippen molar-refractivity contribution in [3.05, 3.63) is 0 Å². The zero-order valence-electron chi connectivity index (χ0n) is 13.0. The molecule has 116 valence electrons. The lowest BCUT2D eigenvalue weighted by Gasteiger charge is -2.28. The molecule has 0 saturated heterocycles. The van der Waals surface area contributed by atoms with Gasteiger partial charge in [-0.15, -0.1) is 0 Å². The maximum atomic E-state index is 11.9. The standard InChI is InChI=1S/C15H28N2O3/c1-10(13(18)17-15(2,3)4)16-9-11-5-7-12(8-6-11)14(19)20/h10-12,16H,5-9H2,1-4H3,(H,17,18)(H,19,20). The number of carbonyl (C=O) groups is 2. The van der Waals surface area contributed by atoms with Crippen LogP contribution in [0.4, 0.5) is 0 Å². The molecule has 5 nitrogen and oxygen atoms in total. The van der Waals surface area contributed by atoms with E-state index < -0.39 is 5.97 Å². The molecule has 3 N–H and O–H groups in total. The normalized spacial score (nSPS) is 25.0. The van der Waals surface area contributed by atoms with Crippen molar-refractivity contribution in [3.63, 3.8) is 0 Å². The first-order valence-corrected chi connectivity index (χ1v) is 7.47. The fourth-order valence-corrected chi connectivity index (χ4v) is 2.53. The van der Waals surface area contributed by atoms with Crippen molar-refractivity contribution in [1.29, 1.82) is 0 Å². The third-order valence-electron chi connectivity index (χ3n) is 3.80. The van der Waals surface area contributed by atoms with Gasteiger partial charge in [-0.25, -0.2) is 0 Å². The Kier molecular flexibility index (Phi) is 5.99. The zero-order chi connectivity index (χ0) is 15.3. The molecule has 1 amide bonds. The van der Waals surface area contributed by atoms with E-state index in [1.165, 1.54) is 0 Å². The van der Waals surface area contributed by atoms with Gasteiger partial charge in [-0.3, -0.25) is 9.59 Å². The molecular weight excluding hydrogens is 256 g/mol. The number of hydrogen-bond acceptors (Lipinski definition) is 3. The Morgan fingerprint density at radius 2 is 1.75 bits per heavy atom. The second kappa shape index (κ2) is 7.07. The van der Waals surface area contributed by atoms with Gasteiger partial charge in [0.15, 0.2) is 0 Å². The van der Waals surface area contributed by atoms with Gasteiger partial charge < -0.3 is 15.7 Å². The van der Waals surface area contributed by atoms with Gasteiger partial charge in [0.2, 0.25) is 5.91 Å². The first-order valence-electron chi connectivity index (χ1n) is 7.47. The highest BCUT2D eigenvalue weighted by Crippen LogP contribution is 2.28.